The summed E-state index contributed by atoms with van der Waals surface area (Å²) in [4.78, 5) is 64.0. The maximum atomic E-state index is 13.3. The minimum atomic E-state index is -1.11. The zero-order valence-corrected chi connectivity index (χ0v) is 34.3. The zero-order valence-electron chi connectivity index (χ0n) is 34.3. The molecule has 0 aromatic carbocycles. The first-order valence-electron chi connectivity index (χ1n) is 19.7. The molecule has 0 amide bonds. The third kappa shape index (κ3) is 13.1. The summed E-state index contributed by atoms with van der Waals surface area (Å²) in [5.41, 5.74) is 1.05. The third-order valence-corrected chi connectivity index (χ3v) is 10.8. The Morgan fingerprint density at radius 1 is 0.879 bits per heavy atom. The summed E-state index contributed by atoms with van der Waals surface area (Å²) in [6.45, 7) is 7.39. The number of oxazole rings is 3. The Morgan fingerprint density at radius 3 is 2.28 bits per heavy atom. The first-order chi connectivity index (χ1) is 27.7. The highest BCUT2D eigenvalue weighted by molar-refractivity contribution is 5.92. The van der Waals surface area contributed by atoms with Crippen molar-refractivity contribution in [2.45, 2.75) is 116 Å². The van der Waals surface area contributed by atoms with E-state index < -0.39 is 48.2 Å². The molecule has 16 heteroatoms. The molecule has 4 heterocycles. The highest BCUT2D eigenvalue weighted by Gasteiger charge is 2.31. The Balaban J connectivity index is 1.50. The molecule has 2 N–H and O–H groups in total. The Morgan fingerprint density at radius 2 is 1.57 bits per heavy atom. The van der Waals surface area contributed by atoms with Gasteiger partial charge in [-0.15, -0.1) is 0 Å². The lowest BCUT2D eigenvalue weighted by Gasteiger charge is -2.31. The smallest absolute Gasteiger partial charge is 0.308 e. The van der Waals surface area contributed by atoms with Crippen LogP contribution in [0.25, 0.3) is 29.2 Å². The van der Waals surface area contributed by atoms with Crippen LogP contribution >= 0.6 is 0 Å². The van der Waals surface area contributed by atoms with Crippen molar-refractivity contribution in [3.05, 3.63) is 48.6 Å². The van der Waals surface area contributed by atoms with E-state index in [1.807, 2.05) is 19.9 Å². The number of allylic oxidation sites excluding steroid dienone is 2. The number of carbonyl (C=O) groups excluding carboxylic acids is 3. The van der Waals surface area contributed by atoms with Crippen molar-refractivity contribution in [3.63, 3.8) is 0 Å². The number of Topliss-reactive ketones (excluding diaryl/α,β-unsaturated/α-hetero) is 1. The average molecular weight is 812 g/mol. The van der Waals surface area contributed by atoms with Gasteiger partial charge < -0.3 is 42.4 Å². The molecule has 58 heavy (non-hydrogen) atoms. The summed E-state index contributed by atoms with van der Waals surface area (Å²) >= 11 is 0. The van der Waals surface area contributed by atoms with Crippen molar-refractivity contribution < 1.29 is 61.6 Å². The van der Waals surface area contributed by atoms with Crippen molar-refractivity contribution in [3.8, 4) is 23.2 Å². The largest absolute Gasteiger partial charge is 0.481 e. The maximum absolute atomic E-state index is 13.3. The molecule has 0 saturated heterocycles. The third-order valence-electron chi connectivity index (χ3n) is 10.8. The van der Waals surface area contributed by atoms with Gasteiger partial charge in [0.2, 0.25) is 17.7 Å². The van der Waals surface area contributed by atoms with E-state index in [9.17, 15) is 24.3 Å². The SMILES string of the molecule is COC(CC1OC(=O)CC(O)CC=CC(=O)C(C)C(OC)c2coc(n2)-c2coc(n2)-c2coc(n2)C=CCCC1C)C(C)CCC(=O)C(C)C(CCC(=O)O)OC. The molecule has 4 rings (SSSR count). The van der Waals surface area contributed by atoms with Crippen LogP contribution in [0.4, 0.5) is 0 Å². The van der Waals surface area contributed by atoms with E-state index in [-0.39, 0.29) is 73.4 Å². The number of aromatic nitrogens is 3. The predicted molar refractivity (Wildman–Crippen MR) is 209 cm³/mol. The Kier molecular flexibility index (Phi) is 17.7. The van der Waals surface area contributed by atoms with Crippen molar-refractivity contribution in [1.29, 1.82) is 0 Å². The Bertz CT molecular complexity index is 1840. The molecule has 1 aliphatic rings. The number of aliphatic hydroxyl groups is 1. The molecule has 9 atom stereocenters. The summed E-state index contributed by atoms with van der Waals surface area (Å²) in [5.74, 6) is -2.56. The van der Waals surface area contributed by atoms with Gasteiger partial charge >= 0.3 is 11.9 Å². The fourth-order valence-electron chi connectivity index (χ4n) is 6.95. The summed E-state index contributed by atoms with van der Waals surface area (Å²) < 4.78 is 39.9. The van der Waals surface area contributed by atoms with Crippen molar-refractivity contribution in [2.24, 2.45) is 23.7 Å². The normalized spacial score (nSPS) is 23.3. The number of hydrogen-bond donors (Lipinski definition) is 2. The van der Waals surface area contributed by atoms with Crippen molar-refractivity contribution >= 4 is 29.6 Å². The second-order valence-electron chi connectivity index (χ2n) is 15.0. The quantitative estimate of drug-likeness (QED) is 0.159. The highest BCUT2D eigenvalue weighted by atomic mass is 16.5. The Labute approximate surface area is 338 Å². The number of ketones is 2. The molecule has 0 aliphatic carbocycles. The summed E-state index contributed by atoms with van der Waals surface area (Å²) in [6, 6.07) is 0. The molecule has 0 saturated carbocycles. The van der Waals surface area contributed by atoms with Crippen LogP contribution in [0.5, 0.6) is 0 Å². The van der Waals surface area contributed by atoms with Gasteiger partial charge in [0.1, 0.15) is 42.5 Å². The molecule has 0 radical (unpaired) electrons. The molecular weight excluding hydrogens is 754 g/mol. The van der Waals surface area contributed by atoms with Gasteiger partial charge in [-0.05, 0) is 56.1 Å². The van der Waals surface area contributed by atoms with Crippen LogP contribution in [-0.2, 0) is 38.1 Å². The van der Waals surface area contributed by atoms with Crippen LogP contribution < -0.4 is 0 Å². The number of esters is 1. The van der Waals surface area contributed by atoms with E-state index in [1.54, 1.807) is 27.0 Å². The number of nitrogens with zero attached hydrogens (tertiary/aromatic N) is 3. The van der Waals surface area contributed by atoms with Gasteiger partial charge in [0, 0.05) is 46.5 Å². The molecule has 16 nitrogen and oxygen atoms in total. The first kappa shape index (κ1) is 45.9. The van der Waals surface area contributed by atoms with E-state index in [0.717, 1.165) is 0 Å². The second-order valence-corrected chi connectivity index (χ2v) is 15.0. The molecule has 3 aromatic rings. The molecule has 318 valence electrons. The fraction of sp³-hybridized carbons (Fsp3) is 0.595. The second kappa shape index (κ2) is 22.4. The number of methoxy groups -OCH3 is 3. The Hall–Kier alpha value is -4.77. The number of aliphatic hydroxyl groups excluding tert-OH is 1. The van der Waals surface area contributed by atoms with Crippen molar-refractivity contribution in [2.75, 3.05) is 21.3 Å². The van der Waals surface area contributed by atoms with E-state index >= 15 is 0 Å². The van der Waals surface area contributed by atoms with Gasteiger partial charge in [-0.3, -0.25) is 19.2 Å². The van der Waals surface area contributed by atoms with Gasteiger partial charge in [-0.25, -0.2) is 15.0 Å². The molecule has 1 aliphatic heterocycles. The first-order valence-corrected chi connectivity index (χ1v) is 19.7. The molecule has 9 unspecified atom stereocenters. The number of carbonyl (C=O) groups is 4. The zero-order chi connectivity index (χ0) is 42.4. The highest BCUT2D eigenvalue weighted by Crippen LogP contribution is 2.31. The number of rotatable bonds is 14. The van der Waals surface area contributed by atoms with Gasteiger partial charge in [0.05, 0.1) is 30.7 Å². The lowest BCUT2D eigenvalue weighted by atomic mass is 9.86. The van der Waals surface area contributed by atoms with Crippen molar-refractivity contribution in [1.82, 2.24) is 15.0 Å². The number of carboxylic acid groups (broad SMARTS) is 1. The maximum Gasteiger partial charge on any atom is 0.308 e. The fourth-order valence-corrected chi connectivity index (χ4v) is 6.95. The number of fused-ring (bicyclic) bond motifs is 8. The van der Waals surface area contributed by atoms with Gasteiger partial charge in [0.15, 0.2) is 17.2 Å². The number of hydrogen-bond acceptors (Lipinski definition) is 15. The van der Waals surface area contributed by atoms with Crippen LogP contribution in [0, 0.1) is 23.7 Å². The molecule has 6 bridgehead atoms. The molecular formula is C42H57N3O13. The van der Waals surface area contributed by atoms with Gasteiger partial charge in [-0.1, -0.05) is 39.8 Å². The monoisotopic (exact) mass is 811 g/mol. The predicted octanol–water partition coefficient (Wildman–Crippen LogP) is 6.84. The molecule has 0 spiro atoms. The van der Waals surface area contributed by atoms with E-state index in [1.165, 1.54) is 45.2 Å². The topological polar surface area (TPSA) is 224 Å². The molecule has 0 fully saturated rings. The number of ether oxygens (including phenoxy) is 4. The van der Waals surface area contributed by atoms with Crippen LogP contribution in [0.2, 0.25) is 0 Å². The molecule has 3 aromatic heterocycles. The standard InChI is InChI=1S/C42H57N3O13/c1-24-11-8-9-14-37-43-30(22-55-37)41-45-31(23-57-41)42-44-29(21-56-42)40(54-7)27(4)32(47)13-10-12-28(46)19-39(51)58-36(24)20-35(53-6)25(2)15-16-33(48)26(3)34(52-5)17-18-38(49)50/h9-10,13-14,21-28,34-36,40,46H,8,11-12,15-20H2,1-7H3,(H,49,50). The van der Waals surface area contributed by atoms with Gasteiger partial charge in [0.25, 0.3) is 0 Å². The van der Waals surface area contributed by atoms with E-state index in [2.05, 4.69) is 15.0 Å². The van der Waals surface area contributed by atoms with Crippen LogP contribution in [0.1, 0.15) is 103 Å². The van der Waals surface area contributed by atoms with Gasteiger partial charge in [-0.2, -0.15) is 0 Å². The number of carboxylic acids is 1. The average Bonchev–Trinajstić information content (AvgIpc) is 3.99. The number of aliphatic carboxylic acids is 1. The summed E-state index contributed by atoms with van der Waals surface area (Å²) in [7, 11) is 4.51. The van der Waals surface area contributed by atoms with Crippen LogP contribution in [-0.4, -0.2) is 94.4 Å². The minimum Gasteiger partial charge on any atom is -0.481 e. The van der Waals surface area contributed by atoms with E-state index in [0.29, 0.717) is 48.7 Å². The minimum absolute atomic E-state index is 0.0321. The van der Waals surface area contributed by atoms with E-state index in [4.69, 9.17) is 37.3 Å². The van der Waals surface area contributed by atoms with Crippen LogP contribution in [0.15, 0.2) is 50.3 Å². The van der Waals surface area contributed by atoms with Crippen LogP contribution in [0.3, 0.4) is 0 Å². The summed E-state index contributed by atoms with van der Waals surface area (Å²) in [6.07, 6.45) is 9.55. The number of cyclic esters (lactones) is 1. The summed E-state index contributed by atoms with van der Waals surface area (Å²) in [5, 5.41) is 19.8. The lowest BCUT2D eigenvalue weighted by molar-refractivity contribution is -0.156. The lowest BCUT2D eigenvalue weighted by Crippen LogP contribution is -2.34.